The molecule has 3 heterocycles. The maximum Gasteiger partial charge on any atom is 0.483 e. The van der Waals surface area contributed by atoms with Crippen molar-refractivity contribution in [3.05, 3.63) is 43.5 Å². The molecule has 208 valence electrons. The van der Waals surface area contributed by atoms with Crippen LogP contribution in [0.4, 0.5) is 0 Å². The Hall–Kier alpha value is -1.99. The second-order valence-electron chi connectivity index (χ2n) is 7.77. The van der Waals surface area contributed by atoms with Crippen LogP contribution in [0.15, 0.2) is 27.0 Å². The van der Waals surface area contributed by atoms with Crippen molar-refractivity contribution < 1.29 is 62.2 Å². The second-order valence-corrected chi connectivity index (χ2v) is 10.8. The highest BCUT2D eigenvalue weighted by atomic mass is 31.3. The quantitative estimate of drug-likeness (QED) is 0.0659. The Bertz CT molecular complexity index is 1220. The summed E-state index contributed by atoms with van der Waals surface area (Å²) in [5, 5.41) is 41.9. The fourth-order valence-electron chi connectivity index (χ4n) is 3.50. The van der Waals surface area contributed by atoms with Gasteiger partial charge in [0, 0.05) is 23.6 Å². The van der Waals surface area contributed by atoms with Crippen LogP contribution < -0.4 is 11.2 Å². The molecule has 0 aliphatic carbocycles. The van der Waals surface area contributed by atoms with Gasteiger partial charge in [-0.3, -0.25) is 23.4 Å². The minimum atomic E-state index is -5.56. The molecule has 0 radical (unpaired) electrons. The topological polar surface area (TPSA) is 305 Å². The van der Waals surface area contributed by atoms with Crippen molar-refractivity contribution in [2.45, 2.75) is 55.5 Å². The highest BCUT2D eigenvalue weighted by Crippen LogP contribution is 2.61. The molecule has 0 bridgehead atoms. The highest BCUT2D eigenvalue weighted by molar-refractivity contribution is 7.61. The first-order chi connectivity index (χ1) is 17.3. The van der Waals surface area contributed by atoms with Crippen molar-refractivity contribution in [1.29, 1.82) is 0 Å². The van der Waals surface area contributed by atoms with Gasteiger partial charge in [-0.2, -0.15) is 4.31 Å². The zero-order chi connectivity index (χ0) is 27.5. The van der Waals surface area contributed by atoms with E-state index >= 15 is 0 Å². The lowest BCUT2D eigenvalue weighted by Gasteiger charge is -2.39. The van der Waals surface area contributed by atoms with Gasteiger partial charge in [0.25, 0.3) is 5.56 Å². The van der Waals surface area contributed by atoms with Gasteiger partial charge in [0.05, 0.1) is 25.4 Å². The van der Waals surface area contributed by atoms with E-state index in [1.807, 2.05) is 4.98 Å². The third kappa shape index (κ3) is 7.32. The number of phosphoric acid groups is 2. The lowest BCUT2D eigenvalue weighted by atomic mass is 10.00. The molecule has 2 aliphatic rings. The number of H-pyrrole nitrogens is 1. The molecule has 0 saturated carbocycles. The molecule has 37 heavy (non-hydrogen) atoms. The van der Waals surface area contributed by atoms with Gasteiger partial charge in [-0.1, -0.05) is 5.11 Å². The number of aliphatic hydroxyl groups is 4. The summed E-state index contributed by atoms with van der Waals surface area (Å²) in [6.07, 6.45) is -10.9. The number of ether oxygens (including phenoxy) is 2. The fraction of sp³-hybridized carbons (Fsp3) is 0.733. The van der Waals surface area contributed by atoms with E-state index in [9.17, 15) is 43.8 Å². The van der Waals surface area contributed by atoms with Gasteiger partial charge >= 0.3 is 21.3 Å². The van der Waals surface area contributed by atoms with Crippen molar-refractivity contribution in [3.63, 3.8) is 0 Å². The van der Waals surface area contributed by atoms with Gasteiger partial charge in [0.2, 0.25) is 0 Å². The molecule has 0 amide bonds. The van der Waals surface area contributed by atoms with E-state index in [-0.39, 0.29) is 6.42 Å². The fourth-order valence-corrected chi connectivity index (χ4v) is 5.66. The number of phosphoric ester groups is 2. The zero-order valence-electron chi connectivity index (χ0n) is 18.4. The van der Waals surface area contributed by atoms with Crippen molar-refractivity contribution >= 4 is 15.6 Å². The molecule has 1 aromatic heterocycles. The van der Waals surface area contributed by atoms with Gasteiger partial charge in [-0.15, -0.1) is 0 Å². The molecule has 7 N–H and O–H groups in total. The number of hydrogen-bond donors (Lipinski definition) is 7. The molecule has 10 atom stereocenters. The smallest absolute Gasteiger partial charge is 0.394 e. The normalized spacial score (nSPS) is 35.3. The average molecular weight is 575 g/mol. The Morgan fingerprint density at radius 1 is 1.14 bits per heavy atom. The average Bonchev–Trinajstić information content (AvgIpc) is 3.20. The number of nitrogens with one attached hydrogen (secondary N) is 1. The summed E-state index contributed by atoms with van der Waals surface area (Å²) in [6.45, 7) is -1.74. The van der Waals surface area contributed by atoms with E-state index < -0.39 is 89.2 Å². The zero-order valence-corrected chi connectivity index (χ0v) is 20.2. The number of azide groups is 1. The maximum absolute atomic E-state index is 12.3. The molecule has 2 fully saturated rings. The van der Waals surface area contributed by atoms with E-state index in [1.54, 1.807) is 0 Å². The van der Waals surface area contributed by atoms with Crippen LogP contribution in [0.5, 0.6) is 0 Å². The Balaban J connectivity index is 1.64. The Morgan fingerprint density at radius 2 is 1.84 bits per heavy atom. The molecule has 0 aromatic carbocycles. The minimum Gasteiger partial charge on any atom is -0.394 e. The SMILES string of the molecule is [N-]=[N+]=N[C@H]1C[C@H](n2ccc(=O)[nH]c2=O)O[C@@H]1COP(=O)(O)OP(=O)(O)O[C@@H]1O[C@H](CO)[C@@H](O)[C@H](O)[C@H]1O. The monoisotopic (exact) mass is 575 g/mol. The van der Waals surface area contributed by atoms with Crippen molar-refractivity contribution in [2.75, 3.05) is 13.2 Å². The number of nitrogens with zero attached hydrogens (tertiary/aromatic N) is 4. The molecule has 3 rings (SSSR count). The molecule has 0 spiro atoms. The molecular formula is C15H23N5O15P2. The molecular weight excluding hydrogens is 552 g/mol. The van der Waals surface area contributed by atoms with E-state index in [0.29, 0.717) is 0 Å². The van der Waals surface area contributed by atoms with Gasteiger partial charge in [-0.05, 0) is 5.53 Å². The van der Waals surface area contributed by atoms with Gasteiger partial charge < -0.3 is 39.7 Å². The van der Waals surface area contributed by atoms with Gasteiger partial charge in [0.15, 0.2) is 6.29 Å². The van der Waals surface area contributed by atoms with Crippen molar-refractivity contribution in [2.24, 2.45) is 5.11 Å². The molecule has 2 unspecified atom stereocenters. The number of aliphatic hydroxyl groups excluding tert-OH is 4. The summed E-state index contributed by atoms with van der Waals surface area (Å²) in [6, 6.07) is -0.0126. The predicted octanol–water partition coefficient (Wildman–Crippen LogP) is -2.45. The summed E-state index contributed by atoms with van der Waals surface area (Å²) < 4.78 is 49.1. The number of hydrogen-bond acceptors (Lipinski definition) is 14. The molecule has 2 saturated heterocycles. The third-order valence-electron chi connectivity index (χ3n) is 5.26. The Kier molecular flexibility index (Phi) is 9.44. The largest absolute Gasteiger partial charge is 0.483 e. The summed E-state index contributed by atoms with van der Waals surface area (Å²) in [5.74, 6) is 0. The van der Waals surface area contributed by atoms with Gasteiger partial charge in [0.1, 0.15) is 30.6 Å². The first-order valence-corrected chi connectivity index (χ1v) is 13.3. The Labute approximate surface area is 205 Å². The molecule has 22 heteroatoms. The maximum atomic E-state index is 12.3. The summed E-state index contributed by atoms with van der Waals surface area (Å²) in [7, 11) is -11.0. The first kappa shape index (κ1) is 29.6. The number of rotatable bonds is 10. The molecule has 20 nitrogen and oxygen atoms in total. The van der Waals surface area contributed by atoms with E-state index in [4.69, 9.17) is 20.1 Å². The molecule has 1 aromatic rings. The summed E-state index contributed by atoms with van der Waals surface area (Å²) in [5.41, 5.74) is 7.25. The summed E-state index contributed by atoms with van der Waals surface area (Å²) in [4.78, 5) is 47.6. The van der Waals surface area contributed by atoms with Crippen LogP contribution in [0, 0.1) is 0 Å². The number of aromatic amines is 1. The van der Waals surface area contributed by atoms with Crippen molar-refractivity contribution in [3.8, 4) is 0 Å². The third-order valence-corrected chi connectivity index (χ3v) is 7.86. The standard InChI is InChI=1S/C15H23N5O15P2/c16-19-18-6-3-10(20-2-1-9(22)17-15(20)26)32-8(6)5-31-36(27,28)35-37(29,30)34-14-13(25)12(24)11(23)7(4-21)33-14/h1-2,6-8,10-14,21,23-25H,3-5H2,(H,27,28)(H,29,30)(H,17,22,26)/t6-,7+,8+,10+,11+,12-,13+,14-/m0/s1. The predicted molar refractivity (Wildman–Crippen MR) is 114 cm³/mol. The minimum absolute atomic E-state index is 0.112. The first-order valence-electron chi connectivity index (χ1n) is 10.3. The van der Waals surface area contributed by atoms with Crippen LogP contribution in [0.25, 0.3) is 10.4 Å². The second kappa shape index (κ2) is 11.8. The van der Waals surface area contributed by atoms with Crippen LogP contribution in [0.3, 0.4) is 0 Å². The van der Waals surface area contributed by atoms with Gasteiger partial charge in [-0.25, -0.2) is 13.9 Å². The van der Waals surface area contributed by atoms with Crippen LogP contribution in [0.2, 0.25) is 0 Å². The lowest BCUT2D eigenvalue weighted by molar-refractivity contribution is -0.280. The Morgan fingerprint density at radius 3 is 2.46 bits per heavy atom. The van der Waals surface area contributed by atoms with E-state index in [1.165, 1.54) is 0 Å². The summed E-state index contributed by atoms with van der Waals surface area (Å²) >= 11 is 0. The number of aromatic nitrogens is 2. The van der Waals surface area contributed by atoms with E-state index in [2.05, 4.69) is 23.4 Å². The van der Waals surface area contributed by atoms with Crippen LogP contribution in [-0.4, -0.2) is 95.8 Å². The van der Waals surface area contributed by atoms with Crippen LogP contribution >= 0.6 is 15.6 Å². The van der Waals surface area contributed by atoms with Crippen molar-refractivity contribution in [1.82, 2.24) is 9.55 Å². The lowest BCUT2D eigenvalue weighted by Crippen LogP contribution is -2.58. The van der Waals surface area contributed by atoms with Crippen LogP contribution in [-0.2, 0) is 32.0 Å². The van der Waals surface area contributed by atoms with Crippen LogP contribution in [0.1, 0.15) is 12.6 Å². The highest BCUT2D eigenvalue weighted by Gasteiger charge is 2.48. The molecule has 2 aliphatic heterocycles. The van der Waals surface area contributed by atoms with E-state index in [0.717, 1.165) is 16.8 Å².